The number of ether oxygens (including phenoxy) is 1. The molecule has 0 bridgehead atoms. The zero-order chi connectivity index (χ0) is 34.6. The molecule has 1 fully saturated rings. The van der Waals surface area contributed by atoms with Gasteiger partial charge < -0.3 is 29.3 Å². The number of carbonyl (C=O) groups is 2. The van der Waals surface area contributed by atoms with Crippen LogP contribution >= 0.6 is 0 Å². The van der Waals surface area contributed by atoms with Gasteiger partial charge in [-0.25, -0.2) is 0 Å². The van der Waals surface area contributed by atoms with Crippen molar-refractivity contribution in [2.45, 2.75) is 142 Å². The normalized spacial score (nSPS) is 19.8. The molecule has 0 aliphatic carbocycles. The van der Waals surface area contributed by atoms with Gasteiger partial charge in [0.15, 0.2) is 16.6 Å². The van der Waals surface area contributed by atoms with Crippen molar-refractivity contribution in [1.29, 1.82) is 0 Å². The number of nitrogens with one attached hydrogen (secondary N) is 2. The lowest BCUT2D eigenvalue weighted by Crippen LogP contribution is -2.59. The van der Waals surface area contributed by atoms with Gasteiger partial charge in [-0.2, -0.15) is 0 Å². The standard InChI is InChI=1S/C35H64N2O6Si2/c1-24(2)18-26-16-15-17-27(20-26)31(39)37-29(21-42-44(11,12)33(5,6)7)32(40)36-28(19-25(3)4)30(38)35(22-41-35)23-43-45(13,14)34(8,9)10/h15-17,20,24-25,28-30,38H,18-19,21-23H2,1-14H3,(H,36,40)(H,37,39)/t28?,29-,30?,35?/m0/s1. The first kappa shape index (κ1) is 39.6. The van der Waals surface area contributed by atoms with E-state index in [9.17, 15) is 14.7 Å². The van der Waals surface area contributed by atoms with Crippen LogP contribution in [0.4, 0.5) is 0 Å². The topological polar surface area (TPSA) is 109 Å². The number of aliphatic hydroxyl groups is 1. The van der Waals surface area contributed by atoms with E-state index in [2.05, 4.69) is 106 Å². The summed E-state index contributed by atoms with van der Waals surface area (Å²) >= 11 is 0. The van der Waals surface area contributed by atoms with Crippen LogP contribution in [0.25, 0.3) is 0 Å². The second kappa shape index (κ2) is 15.1. The molecule has 0 saturated carbocycles. The van der Waals surface area contributed by atoms with Crippen LogP contribution in [0, 0.1) is 11.8 Å². The van der Waals surface area contributed by atoms with E-state index in [0.717, 1.165) is 12.0 Å². The number of aliphatic hydroxyl groups excluding tert-OH is 1. The zero-order valence-corrected chi connectivity index (χ0v) is 32.7. The van der Waals surface area contributed by atoms with Crippen LogP contribution in [0.2, 0.25) is 36.3 Å². The van der Waals surface area contributed by atoms with Gasteiger partial charge in [0.2, 0.25) is 5.91 Å². The van der Waals surface area contributed by atoms with Gasteiger partial charge >= 0.3 is 0 Å². The lowest BCUT2D eigenvalue weighted by Gasteiger charge is -2.38. The van der Waals surface area contributed by atoms with Crippen LogP contribution in [0.3, 0.4) is 0 Å². The molecule has 1 aliphatic rings. The maximum Gasteiger partial charge on any atom is 0.252 e. The predicted molar refractivity (Wildman–Crippen MR) is 189 cm³/mol. The number of rotatable bonds is 16. The minimum atomic E-state index is -2.24. The monoisotopic (exact) mass is 664 g/mol. The number of hydrogen-bond acceptors (Lipinski definition) is 6. The molecule has 3 N–H and O–H groups in total. The maximum absolute atomic E-state index is 14.0. The van der Waals surface area contributed by atoms with E-state index in [-0.39, 0.29) is 41.0 Å². The lowest BCUT2D eigenvalue weighted by molar-refractivity contribution is -0.126. The van der Waals surface area contributed by atoms with Crippen molar-refractivity contribution in [3.63, 3.8) is 0 Å². The molecule has 258 valence electrons. The summed E-state index contributed by atoms with van der Waals surface area (Å²) in [5.74, 6) is -0.0611. The molecule has 0 aromatic heterocycles. The van der Waals surface area contributed by atoms with Crippen LogP contribution < -0.4 is 10.6 Å². The largest absolute Gasteiger partial charge is 0.414 e. The summed E-state index contributed by atoms with van der Waals surface area (Å²) in [6.07, 6.45) is 0.426. The summed E-state index contributed by atoms with van der Waals surface area (Å²) in [7, 11) is -4.32. The van der Waals surface area contributed by atoms with Crippen molar-refractivity contribution in [1.82, 2.24) is 10.6 Å². The Morgan fingerprint density at radius 2 is 1.49 bits per heavy atom. The third kappa shape index (κ3) is 11.3. The van der Waals surface area contributed by atoms with Gasteiger partial charge in [-0.15, -0.1) is 0 Å². The van der Waals surface area contributed by atoms with Gasteiger partial charge in [-0.3, -0.25) is 9.59 Å². The first-order valence-electron chi connectivity index (χ1n) is 16.7. The fourth-order valence-corrected chi connectivity index (χ4v) is 6.67. The Kier molecular flexibility index (Phi) is 13.3. The molecule has 1 saturated heterocycles. The average Bonchev–Trinajstić information content (AvgIpc) is 3.68. The highest BCUT2D eigenvalue weighted by atomic mass is 28.4. The van der Waals surface area contributed by atoms with E-state index >= 15 is 0 Å². The van der Waals surface area contributed by atoms with E-state index in [1.165, 1.54) is 0 Å². The van der Waals surface area contributed by atoms with E-state index in [0.29, 0.717) is 24.5 Å². The molecule has 3 unspecified atom stereocenters. The smallest absolute Gasteiger partial charge is 0.252 e. The van der Waals surface area contributed by atoms with E-state index in [4.69, 9.17) is 13.6 Å². The molecule has 1 heterocycles. The number of carbonyl (C=O) groups excluding carboxylic acids is 2. The highest BCUT2D eigenvalue weighted by Gasteiger charge is 2.56. The second-order valence-corrected chi connectivity index (χ2v) is 26.6. The number of amides is 2. The molecule has 4 atom stereocenters. The van der Waals surface area contributed by atoms with Crippen molar-refractivity contribution in [2.75, 3.05) is 19.8 Å². The van der Waals surface area contributed by atoms with E-state index < -0.39 is 40.4 Å². The number of benzene rings is 1. The summed E-state index contributed by atoms with van der Waals surface area (Å²) in [4.78, 5) is 27.5. The van der Waals surface area contributed by atoms with Gasteiger partial charge in [-0.05, 0) is 78.6 Å². The molecule has 8 nitrogen and oxygen atoms in total. The Hall–Kier alpha value is -1.57. The minimum Gasteiger partial charge on any atom is -0.414 e. The molecular formula is C35H64N2O6Si2. The Balaban J connectivity index is 2.31. The van der Waals surface area contributed by atoms with Gasteiger partial charge in [0.05, 0.1) is 25.9 Å². The molecule has 10 heteroatoms. The molecule has 1 aromatic carbocycles. The maximum atomic E-state index is 14.0. The van der Waals surface area contributed by atoms with Crippen molar-refractivity contribution in [2.24, 2.45) is 11.8 Å². The fraction of sp³-hybridized carbons (Fsp3) is 0.771. The first-order chi connectivity index (χ1) is 20.4. The van der Waals surface area contributed by atoms with Gasteiger partial charge in [0, 0.05) is 5.56 Å². The third-order valence-electron chi connectivity index (χ3n) is 9.84. The van der Waals surface area contributed by atoms with Crippen LogP contribution in [-0.4, -0.2) is 77.2 Å². The Labute approximate surface area is 276 Å². The van der Waals surface area contributed by atoms with Crippen LogP contribution in [0.5, 0.6) is 0 Å². The zero-order valence-electron chi connectivity index (χ0n) is 30.7. The van der Waals surface area contributed by atoms with Gasteiger partial charge in [0.25, 0.3) is 5.91 Å². The van der Waals surface area contributed by atoms with Crippen molar-refractivity contribution in [3.8, 4) is 0 Å². The van der Waals surface area contributed by atoms with Crippen molar-refractivity contribution >= 4 is 28.4 Å². The number of epoxide rings is 1. The fourth-order valence-electron chi connectivity index (χ4n) is 4.62. The highest BCUT2D eigenvalue weighted by molar-refractivity contribution is 6.74. The molecule has 1 aromatic rings. The Bertz CT molecular complexity index is 1140. The van der Waals surface area contributed by atoms with Crippen LogP contribution in [0.1, 0.15) is 91.6 Å². The van der Waals surface area contributed by atoms with Gasteiger partial charge in [-0.1, -0.05) is 81.4 Å². The van der Waals surface area contributed by atoms with E-state index in [1.54, 1.807) is 6.07 Å². The minimum absolute atomic E-state index is 0.0173. The highest BCUT2D eigenvalue weighted by Crippen LogP contribution is 2.41. The summed E-state index contributed by atoms with van der Waals surface area (Å²) in [6, 6.07) is 6.02. The van der Waals surface area contributed by atoms with Crippen LogP contribution in [0.15, 0.2) is 24.3 Å². The lowest BCUT2D eigenvalue weighted by atomic mass is 9.91. The number of hydrogen-bond donors (Lipinski definition) is 3. The predicted octanol–water partition coefficient (Wildman–Crippen LogP) is 6.69. The molecule has 0 radical (unpaired) electrons. The molecule has 0 spiro atoms. The van der Waals surface area contributed by atoms with Crippen LogP contribution in [-0.2, 0) is 24.8 Å². The third-order valence-corrected chi connectivity index (χ3v) is 18.8. The summed E-state index contributed by atoms with van der Waals surface area (Å²) in [5.41, 5.74) is 0.714. The summed E-state index contributed by atoms with van der Waals surface area (Å²) in [5, 5.41) is 17.7. The second-order valence-electron chi connectivity index (χ2n) is 17.0. The summed E-state index contributed by atoms with van der Waals surface area (Å²) in [6.45, 7) is 30.7. The molecule has 1 aliphatic heterocycles. The Morgan fingerprint density at radius 1 is 0.933 bits per heavy atom. The van der Waals surface area contributed by atoms with Crippen molar-refractivity contribution in [3.05, 3.63) is 35.4 Å². The van der Waals surface area contributed by atoms with Gasteiger partial charge in [0.1, 0.15) is 17.7 Å². The van der Waals surface area contributed by atoms with Crippen molar-refractivity contribution < 1.29 is 28.3 Å². The molecule has 2 rings (SSSR count). The SMILES string of the molecule is CC(C)Cc1cccc(C(=O)N[C@@H](CO[Si](C)(C)C(C)(C)C)C(=O)NC(CC(C)C)C(O)C2(CO[Si](C)(C)C(C)(C)C)CO2)c1. The molecule has 2 amide bonds. The average molecular weight is 665 g/mol. The summed E-state index contributed by atoms with van der Waals surface area (Å²) < 4.78 is 18.8. The quantitative estimate of drug-likeness (QED) is 0.134. The first-order valence-corrected chi connectivity index (χ1v) is 22.5. The van der Waals surface area contributed by atoms with E-state index in [1.807, 2.05) is 18.2 Å². The molecular weight excluding hydrogens is 601 g/mol. The Morgan fingerprint density at radius 3 is 1.98 bits per heavy atom. The molecule has 45 heavy (non-hydrogen) atoms.